The SMILES string of the molecule is NC(=NCC1CC1)NCCCCCCCCNCCCCCCCCNC(N)=NCC1CC1. The van der Waals surface area contributed by atoms with E-state index in [1.54, 1.807) is 0 Å². The Labute approximate surface area is 203 Å². The molecule has 33 heavy (non-hydrogen) atoms. The molecule has 0 aromatic heterocycles. The van der Waals surface area contributed by atoms with E-state index in [9.17, 15) is 0 Å². The predicted octanol–water partition coefficient (Wildman–Crippen LogP) is 3.89. The van der Waals surface area contributed by atoms with Gasteiger partial charge in [0.25, 0.3) is 0 Å². The smallest absolute Gasteiger partial charge is 0.188 e. The average molecular weight is 464 g/mol. The van der Waals surface area contributed by atoms with Crippen molar-refractivity contribution < 1.29 is 0 Å². The molecule has 0 saturated heterocycles. The fourth-order valence-electron chi connectivity index (χ4n) is 3.89. The van der Waals surface area contributed by atoms with Crippen LogP contribution in [0.25, 0.3) is 0 Å². The number of nitrogens with zero attached hydrogens (tertiary/aromatic N) is 2. The van der Waals surface area contributed by atoms with Crippen LogP contribution < -0.4 is 27.4 Å². The second-order valence-corrected chi connectivity index (χ2v) is 10.2. The summed E-state index contributed by atoms with van der Waals surface area (Å²) in [5, 5.41) is 10.1. The third kappa shape index (κ3) is 18.6. The van der Waals surface area contributed by atoms with Gasteiger partial charge in [0.2, 0.25) is 0 Å². The van der Waals surface area contributed by atoms with Crippen molar-refractivity contribution in [3.05, 3.63) is 0 Å². The number of nitrogens with two attached hydrogens (primary N) is 2. The largest absolute Gasteiger partial charge is 0.370 e. The highest BCUT2D eigenvalue weighted by Gasteiger charge is 2.20. The molecule has 7 nitrogen and oxygen atoms in total. The van der Waals surface area contributed by atoms with Crippen molar-refractivity contribution in [2.45, 2.75) is 103 Å². The van der Waals surface area contributed by atoms with Crippen molar-refractivity contribution in [3.63, 3.8) is 0 Å². The van der Waals surface area contributed by atoms with E-state index >= 15 is 0 Å². The molecule has 0 aromatic rings. The molecule has 2 rings (SSSR count). The molecule has 2 fully saturated rings. The van der Waals surface area contributed by atoms with Gasteiger partial charge in [-0.2, -0.15) is 0 Å². The van der Waals surface area contributed by atoms with Crippen molar-refractivity contribution in [1.29, 1.82) is 0 Å². The average Bonchev–Trinajstić information content (AvgIpc) is 3.73. The first-order valence-electron chi connectivity index (χ1n) is 14.0. The summed E-state index contributed by atoms with van der Waals surface area (Å²) in [5.74, 6) is 2.89. The molecule has 0 aromatic carbocycles. The van der Waals surface area contributed by atoms with Crippen LogP contribution in [-0.2, 0) is 0 Å². The monoisotopic (exact) mass is 463 g/mol. The number of aliphatic imine (C=N–C) groups is 2. The van der Waals surface area contributed by atoms with Crippen LogP contribution in [-0.4, -0.2) is 51.2 Å². The van der Waals surface area contributed by atoms with Crippen LogP contribution in [0.5, 0.6) is 0 Å². The second-order valence-electron chi connectivity index (χ2n) is 10.2. The topological polar surface area (TPSA) is 113 Å². The molecule has 0 atom stereocenters. The molecule has 0 heterocycles. The maximum Gasteiger partial charge on any atom is 0.188 e. The predicted molar refractivity (Wildman–Crippen MR) is 143 cm³/mol. The van der Waals surface area contributed by atoms with Gasteiger partial charge in [-0.1, -0.05) is 51.4 Å². The van der Waals surface area contributed by atoms with E-state index in [2.05, 4.69) is 25.9 Å². The van der Waals surface area contributed by atoms with Gasteiger partial charge >= 0.3 is 0 Å². The van der Waals surface area contributed by atoms with Crippen LogP contribution in [0, 0.1) is 11.8 Å². The minimum Gasteiger partial charge on any atom is -0.370 e. The maximum atomic E-state index is 5.87. The standard InChI is InChI=1S/C26H53N7/c27-25(32-21-23-13-14-23)30-19-11-7-3-1-5-9-17-29-18-10-6-2-4-8-12-20-31-26(28)33-22-24-15-16-24/h23-24,29H,1-22H2,(H3,27,30,32)(H3,28,31,33). The molecular formula is C26H53N7. The van der Waals surface area contributed by atoms with Crippen molar-refractivity contribution in [3.8, 4) is 0 Å². The summed E-state index contributed by atoms with van der Waals surface area (Å²) in [6.07, 6.45) is 20.9. The maximum absolute atomic E-state index is 5.87. The van der Waals surface area contributed by atoms with Gasteiger partial charge in [0, 0.05) is 26.2 Å². The van der Waals surface area contributed by atoms with Crippen LogP contribution >= 0.6 is 0 Å². The Morgan fingerprint density at radius 2 is 0.848 bits per heavy atom. The number of nitrogens with one attached hydrogen (secondary N) is 3. The third-order valence-electron chi connectivity index (χ3n) is 6.61. The lowest BCUT2D eigenvalue weighted by Gasteiger charge is -2.07. The quantitative estimate of drug-likeness (QED) is 0.0950. The van der Waals surface area contributed by atoms with Crippen molar-refractivity contribution in [1.82, 2.24) is 16.0 Å². The van der Waals surface area contributed by atoms with Gasteiger partial charge in [0.05, 0.1) is 0 Å². The molecule has 0 bridgehead atoms. The molecule has 0 amide bonds. The van der Waals surface area contributed by atoms with E-state index in [0.29, 0.717) is 11.9 Å². The van der Waals surface area contributed by atoms with Crippen LogP contribution in [0.15, 0.2) is 9.98 Å². The summed E-state index contributed by atoms with van der Waals surface area (Å²) >= 11 is 0. The zero-order chi connectivity index (χ0) is 23.4. The number of guanidine groups is 2. The van der Waals surface area contributed by atoms with Crippen molar-refractivity contribution in [2.75, 3.05) is 39.3 Å². The lowest BCUT2D eigenvalue weighted by atomic mass is 10.1. The molecule has 0 spiro atoms. The van der Waals surface area contributed by atoms with E-state index in [4.69, 9.17) is 11.5 Å². The Morgan fingerprint density at radius 3 is 1.21 bits per heavy atom. The minimum absolute atomic E-state index is 0.635. The van der Waals surface area contributed by atoms with Crippen molar-refractivity contribution >= 4 is 11.9 Å². The normalized spacial score (nSPS) is 16.8. The van der Waals surface area contributed by atoms with Gasteiger partial charge in [0.15, 0.2) is 11.9 Å². The minimum atomic E-state index is 0.635. The Hall–Kier alpha value is -1.50. The summed E-state index contributed by atoms with van der Waals surface area (Å²) in [6, 6.07) is 0. The lowest BCUT2D eigenvalue weighted by molar-refractivity contribution is 0.537. The van der Waals surface area contributed by atoms with Gasteiger partial charge in [-0.25, -0.2) is 0 Å². The van der Waals surface area contributed by atoms with Crippen LogP contribution in [0.1, 0.15) is 103 Å². The summed E-state index contributed by atoms with van der Waals surface area (Å²) < 4.78 is 0. The van der Waals surface area contributed by atoms with Gasteiger partial charge in [-0.15, -0.1) is 0 Å². The Kier molecular flexibility index (Phi) is 15.9. The number of hydrogen-bond acceptors (Lipinski definition) is 3. The lowest BCUT2D eigenvalue weighted by Crippen LogP contribution is -2.32. The van der Waals surface area contributed by atoms with E-state index < -0.39 is 0 Å². The summed E-state index contributed by atoms with van der Waals surface area (Å²) in [7, 11) is 0. The van der Waals surface area contributed by atoms with E-state index in [-0.39, 0.29) is 0 Å². The highest BCUT2D eigenvalue weighted by molar-refractivity contribution is 5.78. The fraction of sp³-hybridized carbons (Fsp3) is 0.923. The number of hydrogen-bond donors (Lipinski definition) is 5. The van der Waals surface area contributed by atoms with Gasteiger partial charge in [-0.05, 0) is 76.3 Å². The highest BCUT2D eigenvalue weighted by Crippen LogP contribution is 2.29. The van der Waals surface area contributed by atoms with Crippen LogP contribution in [0.3, 0.4) is 0 Å². The zero-order valence-electron chi connectivity index (χ0n) is 21.3. The molecule has 2 saturated carbocycles. The highest BCUT2D eigenvalue weighted by atomic mass is 15.1. The van der Waals surface area contributed by atoms with E-state index in [1.807, 2.05) is 0 Å². The van der Waals surface area contributed by atoms with Gasteiger partial charge in [0.1, 0.15) is 0 Å². The third-order valence-corrected chi connectivity index (χ3v) is 6.61. The molecule has 2 aliphatic carbocycles. The van der Waals surface area contributed by atoms with Crippen molar-refractivity contribution in [2.24, 2.45) is 33.3 Å². The molecule has 0 radical (unpaired) electrons. The van der Waals surface area contributed by atoms with Gasteiger partial charge in [-0.3, -0.25) is 9.98 Å². The molecule has 192 valence electrons. The summed E-state index contributed by atoms with van der Waals surface area (Å²) in [4.78, 5) is 8.77. The molecule has 7 heteroatoms. The molecule has 0 unspecified atom stereocenters. The first-order chi connectivity index (χ1) is 16.2. The first-order valence-corrected chi connectivity index (χ1v) is 14.0. The second kappa shape index (κ2) is 18.9. The van der Waals surface area contributed by atoms with E-state index in [0.717, 1.165) is 38.0 Å². The van der Waals surface area contributed by atoms with E-state index in [1.165, 1.54) is 116 Å². The molecular weight excluding hydrogens is 410 g/mol. The number of rotatable bonds is 22. The molecule has 2 aliphatic rings. The van der Waals surface area contributed by atoms with Gasteiger partial charge < -0.3 is 27.4 Å². The number of unbranched alkanes of at least 4 members (excludes halogenated alkanes) is 10. The Morgan fingerprint density at radius 1 is 0.515 bits per heavy atom. The summed E-state index contributed by atoms with van der Waals surface area (Å²) in [6.45, 7) is 6.09. The summed E-state index contributed by atoms with van der Waals surface area (Å²) in [5.41, 5.74) is 11.7. The molecule has 7 N–H and O–H groups in total. The fourth-order valence-corrected chi connectivity index (χ4v) is 3.89. The Balaban J connectivity index is 1.19. The zero-order valence-corrected chi connectivity index (χ0v) is 21.3. The molecule has 0 aliphatic heterocycles. The van der Waals surface area contributed by atoms with Crippen LogP contribution in [0.2, 0.25) is 0 Å². The Bertz CT molecular complexity index is 481. The first kappa shape index (κ1) is 27.7. The van der Waals surface area contributed by atoms with Crippen LogP contribution in [0.4, 0.5) is 0 Å².